The Kier molecular flexibility index (Phi) is 7.63. The molecule has 3 N–H and O–H groups in total. The third-order valence-corrected chi connectivity index (χ3v) is 2.81. The minimum Gasteiger partial charge on any atom is -0.396 e. The molecule has 0 bridgehead atoms. The van der Waals surface area contributed by atoms with Gasteiger partial charge in [0, 0.05) is 13.2 Å². The van der Waals surface area contributed by atoms with Crippen molar-refractivity contribution in [1.82, 2.24) is 4.90 Å². The predicted octanol–water partition coefficient (Wildman–Crippen LogP) is 1.61. The molecule has 0 radical (unpaired) electrons. The van der Waals surface area contributed by atoms with Gasteiger partial charge in [0.05, 0.1) is 0 Å². The van der Waals surface area contributed by atoms with Crippen molar-refractivity contribution >= 4 is 0 Å². The summed E-state index contributed by atoms with van der Waals surface area (Å²) in [6.45, 7) is 4.08. The van der Waals surface area contributed by atoms with Gasteiger partial charge in [0.15, 0.2) is 0 Å². The summed E-state index contributed by atoms with van der Waals surface area (Å²) in [5.74, 6) is 0. The molecule has 96 valence electrons. The van der Waals surface area contributed by atoms with Crippen molar-refractivity contribution in [1.29, 1.82) is 0 Å². The summed E-state index contributed by atoms with van der Waals surface area (Å²) < 4.78 is 0. The molecule has 3 heteroatoms. The molecule has 0 heterocycles. The van der Waals surface area contributed by atoms with Crippen LogP contribution in [0, 0.1) is 0 Å². The lowest BCUT2D eigenvalue weighted by molar-refractivity contribution is 0.235. The van der Waals surface area contributed by atoms with Crippen LogP contribution in [0.15, 0.2) is 30.3 Å². The van der Waals surface area contributed by atoms with Crippen molar-refractivity contribution in [3.63, 3.8) is 0 Å². The molecular formula is C14H24N2O. The van der Waals surface area contributed by atoms with E-state index in [9.17, 15) is 0 Å². The molecule has 0 aromatic heterocycles. The van der Waals surface area contributed by atoms with Crippen LogP contribution in [0.4, 0.5) is 0 Å². The molecule has 1 rings (SSSR count). The van der Waals surface area contributed by atoms with Gasteiger partial charge in [-0.05, 0) is 44.5 Å². The van der Waals surface area contributed by atoms with Gasteiger partial charge in [-0.3, -0.25) is 4.90 Å². The molecule has 0 atom stereocenters. The number of benzene rings is 1. The summed E-state index contributed by atoms with van der Waals surface area (Å²) >= 11 is 0. The van der Waals surface area contributed by atoms with Gasteiger partial charge < -0.3 is 10.8 Å². The lowest BCUT2D eigenvalue weighted by Crippen LogP contribution is -2.27. The fourth-order valence-corrected chi connectivity index (χ4v) is 1.87. The van der Waals surface area contributed by atoms with E-state index in [-0.39, 0.29) is 6.61 Å². The van der Waals surface area contributed by atoms with E-state index in [0.717, 1.165) is 45.4 Å². The van der Waals surface area contributed by atoms with E-state index >= 15 is 0 Å². The Morgan fingerprint density at radius 2 is 1.71 bits per heavy atom. The van der Waals surface area contributed by atoms with Gasteiger partial charge in [0.2, 0.25) is 0 Å². The average molecular weight is 236 g/mol. The Balaban J connectivity index is 2.39. The summed E-state index contributed by atoms with van der Waals surface area (Å²) in [6, 6.07) is 10.5. The van der Waals surface area contributed by atoms with E-state index in [4.69, 9.17) is 10.8 Å². The zero-order valence-corrected chi connectivity index (χ0v) is 10.5. The molecule has 0 amide bonds. The van der Waals surface area contributed by atoms with Gasteiger partial charge in [0.1, 0.15) is 0 Å². The van der Waals surface area contributed by atoms with Crippen molar-refractivity contribution in [2.24, 2.45) is 5.73 Å². The second kappa shape index (κ2) is 9.16. The molecule has 0 aliphatic carbocycles. The van der Waals surface area contributed by atoms with Crippen LogP contribution in [0.5, 0.6) is 0 Å². The molecule has 0 fully saturated rings. The van der Waals surface area contributed by atoms with E-state index in [1.807, 2.05) is 6.07 Å². The van der Waals surface area contributed by atoms with Gasteiger partial charge in [-0.2, -0.15) is 0 Å². The largest absolute Gasteiger partial charge is 0.396 e. The van der Waals surface area contributed by atoms with E-state index in [1.165, 1.54) is 5.56 Å². The van der Waals surface area contributed by atoms with Crippen LogP contribution in [0.2, 0.25) is 0 Å². The number of hydrogen-bond acceptors (Lipinski definition) is 3. The van der Waals surface area contributed by atoms with Gasteiger partial charge in [0.25, 0.3) is 0 Å². The smallest absolute Gasteiger partial charge is 0.0431 e. The standard InChI is InChI=1S/C14H24N2O/c15-9-6-11-16(10-4-5-12-17)13-14-7-2-1-3-8-14/h1-3,7-8,17H,4-6,9-13,15H2. The molecule has 1 aromatic rings. The van der Waals surface area contributed by atoms with Crippen molar-refractivity contribution in [2.75, 3.05) is 26.2 Å². The quantitative estimate of drug-likeness (QED) is 0.640. The number of aliphatic hydroxyl groups excluding tert-OH is 1. The molecule has 3 nitrogen and oxygen atoms in total. The SMILES string of the molecule is NCCCN(CCCCO)Cc1ccccc1. The fourth-order valence-electron chi connectivity index (χ4n) is 1.87. The Labute approximate surface area is 104 Å². The molecular weight excluding hydrogens is 212 g/mol. The monoisotopic (exact) mass is 236 g/mol. The highest BCUT2D eigenvalue weighted by Crippen LogP contribution is 2.06. The first-order valence-corrected chi connectivity index (χ1v) is 6.44. The van der Waals surface area contributed by atoms with Crippen LogP contribution in [-0.4, -0.2) is 36.2 Å². The van der Waals surface area contributed by atoms with Gasteiger partial charge in [-0.1, -0.05) is 30.3 Å². The molecule has 0 spiro atoms. The topological polar surface area (TPSA) is 49.5 Å². The van der Waals surface area contributed by atoms with Crippen LogP contribution >= 0.6 is 0 Å². The fraction of sp³-hybridized carbons (Fsp3) is 0.571. The van der Waals surface area contributed by atoms with Crippen LogP contribution in [0.25, 0.3) is 0 Å². The van der Waals surface area contributed by atoms with E-state index in [0.29, 0.717) is 0 Å². The minimum absolute atomic E-state index is 0.288. The summed E-state index contributed by atoms with van der Waals surface area (Å²) in [5, 5.41) is 8.81. The van der Waals surface area contributed by atoms with Crippen LogP contribution in [0.1, 0.15) is 24.8 Å². The number of hydrogen-bond donors (Lipinski definition) is 2. The Hall–Kier alpha value is -0.900. The lowest BCUT2D eigenvalue weighted by Gasteiger charge is -2.22. The number of unbranched alkanes of at least 4 members (excludes halogenated alkanes) is 1. The maximum absolute atomic E-state index is 8.81. The highest BCUT2D eigenvalue weighted by Gasteiger charge is 2.04. The molecule has 1 aromatic carbocycles. The van der Waals surface area contributed by atoms with Crippen LogP contribution in [0.3, 0.4) is 0 Å². The van der Waals surface area contributed by atoms with E-state index in [2.05, 4.69) is 29.2 Å². The molecule has 17 heavy (non-hydrogen) atoms. The van der Waals surface area contributed by atoms with Crippen LogP contribution < -0.4 is 5.73 Å². The van der Waals surface area contributed by atoms with Gasteiger partial charge >= 0.3 is 0 Å². The Bertz CT molecular complexity index is 277. The van der Waals surface area contributed by atoms with Gasteiger partial charge in [-0.25, -0.2) is 0 Å². The van der Waals surface area contributed by atoms with Crippen molar-refractivity contribution in [3.8, 4) is 0 Å². The summed E-state index contributed by atoms with van der Waals surface area (Å²) in [5.41, 5.74) is 6.90. The van der Waals surface area contributed by atoms with Crippen molar-refractivity contribution in [2.45, 2.75) is 25.8 Å². The predicted molar refractivity (Wildman–Crippen MR) is 71.7 cm³/mol. The number of rotatable bonds is 9. The summed E-state index contributed by atoms with van der Waals surface area (Å²) in [6.07, 6.45) is 2.97. The average Bonchev–Trinajstić information content (AvgIpc) is 2.37. The lowest BCUT2D eigenvalue weighted by atomic mass is 10.2. The first kappa shape index (κ1) is 14.2. The number of nitrogens with two attached hydrogens (primary N) is 1. The van der Waals surface area contributed by atoms with Crippen molar-refractivity contribution < 1.29 is 5.11 Å². The summed E-state index contributed by atoms with van der Waals surface area (Å²) in [4.78, 5) is 2.41. The molecule has 0 saturated heterocycles. The van der Waals surface area contributed by atoms with E-state index < -0.39 is 0 Å². The molecule has 0 saturated carbocycles. The normalized spacial score (nSPS) is 11.0. The molecule has 0 aliphatic heterocycles. The highest BCUT2D eigenvalue weighted by molar-refractivity contribution is 5.14. The highest BCUT2D eigenvalue weighted by atomic mass is 16.2. The zero-order valence-electron chi connectivity index (χ0n) is 10.5. The minimum atomic E-state index is 0.288. The van der Waals surface area contributed by atoms with Crippen LogP contribution in [-0.2, 0) is 6.54 Å². The second-order valence-electron chi connectivity index (χ2n) is 4.33. The summed E-state index contributed by atoms with van der Waals surface area (Å²) in [7, 11) is 0. The van der Waals surface area contributed by atoms with Gasteiger partial charge in [-0.15, -0.1) is 0 Å². The van der Waals surface area contributed by atoms with Crippen molar-refractivity contribution in [3.05, 3.63) is 35.9 Å². The second-order valence-corrected chi connectivity index (χ2v) is 4.33. The third-order valence-electron chi connectivity index (χ3n) is 2.81. The first-order valence-electron chi connectivity index (χ1n) is 6.44. The first-order chi connectivity index (χ1) is 8.36. The Morgan fingerprint density at radius 1 is 1.00 bits per heavy atom. The number of aliphatic hydroxyl groups is 1. The Morgan fingerprint density at radius 3 is 2.35 bits per heavy atom. The molecule has 0 unspecified atom stereocenters. The third kappa shape index (κ3) is 6.41. The maximum atomic E-state index is 8.81. The number of nitrogens with zero attached hydrogens (tertiary/aromatic N) is 1. The molecule has 0 aliphatic rings. The zero-order chi connectivity index (χ0) is 12.3. The van der Waals surface area contributed by atoms with E-state index in [1.54, 1.807) is 0 Å². The maximum Gasteiger partial charge on any atom is 0.0431 e.